The van der Waals surface area contributed by atoms with Crippen LogP contribution in [0, 0.1) is 12.8 Å². The highest BCUT2D eigenvalue weighted by Crippen LogP contribution is 2.37. The number of H-pyrrole nitrogens is 1. The maximum absolute atomic E-state index is 12.1. The predicted octanol–water partition coefficient (Wildman–Crippen LogP) is 3.17. The summed E-state index contributed by atoms with van der Waals surface area (Å²) in [5, 5.41) is 8.85. The largest absolute Gasteiger partial charge is 0.463 e. The Morgan fingerprint density at radius 1 is 1.15 bits per heavy atom. The number of hydrogen-bond donors (Lipinski definition) is 1. The minimum atomic E-state index is -0.0589. The smallest absolute Gasteiger partial charge is 0.319 e. The molecule has 1 atom stereocenters. The number of hydrogen-bond acceptors (Lipinski definition) is 9. The third kappa shape index (κ3) is 4.97. The van der Waals surface area contributed by atoms with Crippen molar-refractivity contribution in [3.63, 3.8) is 0 Å². The predicted molar refractivity (Wildman–Crippen MR) is 148 cm³/mol. The Labute approximate surface area is 226 Å². The second kappa shape index (κ2) is 10.5. The molecule has 0 spiro atoms. The van der Waals surface area contributed by atoms with Gasteiger partial charge in [0.05, 0.1) is 29.1 Å². The Hall–Kier alpha value is -4.25. The standard InChI is InChI=1S/C28H32N8O3/c1-4-23(37)35-11-13-36(14-12-35)26-20-7-9-29-27(39-25-18(2)5-6-22-21(25)15-30-33-22)24(20)31-28(32-26)38-17-19-8-10-34(3)16-19/h4-7,9,15,19H,1,8,10-14,16-17H2,2-3H3,(H,30,33)/t19-/m1/s1. The van der Waals surface area contributed by atoms with E-state index in [2.05, 4.69) is 38.6 Å². The monoisotopic (exact) mass is 528 g/mol. The lowest BCUT2D eigenvalue weighted by atomic mass is 10.1. The molecule has 11 heteroatoms. The second-order valence-corrected chi connectivity index (χ2v) is 10.2. The SMILES string of the molecule is C=CC(=O)N1CCN(c2nc(OC[C@@H]3CCN(C)C3)nc3c(Oc4c(C)ccc5[nH]ncc45)nccc23)CC1. The molecule has 1 aromatic carbocycles. The number of anilines is 1. The van der Waals surface area contributed by atoms with Crippen molar-refractivity contribution < 1.29 is 14.3 Å². The van der Waals surface area contributed by atoms with Crippen molar-refractivity contribution in [2.75, 3.05) is 57.8 Å². The Kier molecular flexibility index (Phi) is 6.74. The number of rotatable bonds is 7. The van der Waals surface area contributed by atoms with E-state index in [9.17, 15) is 4.79 Å². The number of pyridine rings is 1. The van der Waals surface area contributed by atoms with E-state index in [0.717, 1.165) is 47.2 Å². The van der Waals surface area contributed by atoms with Crippen LogP contribution < -0.4 is 14.4 Å². The summed E-state index contributed by atoms with van der Waals surface area (Å²) in [6.45, 7) is 10.6. The fourth-order valence-electron chi connectivity index (χ4n) is 5.33. The highest BCUT2D eigenvalue weighted by Gasteiger charge is 2.26. The Morgan fingerprint density at radius 2 is 2.00 bits per heavy atom. The molecule has 202 valence electrons. The van der Waals surface area contributed by atoms with Crippen LogP contribution in [0.4, 0.5) is 5.82 Å². The number of amides is 1. The zero-order chi connectivity index (χ0) is 26.9. The van der Waals surface area contributed by atoms with Crippen LogP contribution in [0.5, 0.6) is 17.6 Å². The molecular formula is C28H32N8O3. The molecule has 2 aliphatic heterocycles. The van der Waals surface area contributed by atoms with Crippen molar-refractivity contribution >= 4 is 33.5 Å². The van der Waals surface area contributed by atoms with Crippen LogP contribution in [0.3, 0.4) is 0 Å². The van der Waals surface area contributed by atoms with E-state index in [1.54, 1.807) is 17.3 Å². The number of nitrogens with zero attached hydrogens (tertiary/aromatic N) is 7. The number of aryl methyl sites for hydroxylation is 1. The van der Waals surface area contributed by atoms with E-state index in [-0.39, 0.29) is 5.91 Å². The van der Waals surface area contributed by atoms with Crippen LogP contribution >= 0.6 is 0 Å². The highest BCUT2D eigenvalue weighted by molar-refractivity contribution is 5.94. The summed E-state index contributed by atoms with van der Waals surface area (Å²) < 4.78 is 12.6. The molecule has 11 nitrogen and oxygen atoms in total. The van der Waals surface area contributed by atoms with E-state index in [1.807, 2.05) is 25.1 Å². The Bertz CT molecular complexity index is 1530. The van der Waals surface area contributed by atoms with Gasteiger partial charge in [-0.3, -0.25) is 9.89 Å². The van der Waals surface area contributed by atoms with Crippen molar-refractivity contribution in [3.05, 3.63) is 48.8 Å². The molecule has 0 aliphatic carbocycles. The van der Waals surface area contributed by atoms with Crippen molar-refractivity contribution in [1.82, 2.24) is 34.9 Å². The zero-order valence-corrected chi connectivity index (χ0v) is 22.3. The molecule has 0 bridgehead atoms. The normalized spacial score (nSPS) is 18.2. The molecule has 3 aromatic heterocycles. The number of aromatic amines is 1. The van der Waals surface area contributed by atoms with Crippen molar-refractivity contribution in [1.29, 1.82) is 0 Å². The number of fused-ring (bicyclic) bond motifs is 2. The summed E-state index contributed by atoms with van der Waals surface area (Å²) in [5.74, 6) is 2.16. The zero-order valence-electron chi connectivity index (χ0n) is 22.3. The van der Waals surface area contributed by atoms with Crippen LogP contribution in [-0.2, 0) is 4.79 Å². The quantitative estimate of drug-likeness (QED) is 0.362. The summed E-state index contributed by atoms with van der Waals surface area (Å²) in [7, 11) is 2.12. The molecule has 0 saturated carbocycles. The molecule has 2 aliphatic rings. The van der Waals surface area contributed by atoms with Gasteiger partial charge < -0.3 is 24.2 Å². The van der Waals surface area contributed by atoms with Gasteiger partial charge in [-0.2, -0.15) is 15.1 Å². The van der Waals surface area contributed by atoms with Crippen LogP contribution in [0.1, 0.15) is 12.0 Å². The van der Waals surface area contributed by atoms with Gasteiger partial charge in [0, 0.05) is 44.8 Å². The van der Waals surface area contributed by atoms with Gasteiger partial charge in [0.25, 0.3) is 0 Å². The van der Waals surface area contributed by atoms with Gasteiger partial charge in [-0.1, -0.05) is 12.6 Å². The number of benzene rings is 1. The third-order valence-corrected chi connectivity index (χ3v) is 7.51. The first-order chi connectivity index (χ1) is 19.0. The van der Waals surface area contributed by atoms with Crippen LogP contribution in [0.15, 0.2) is 43.2 Å². The molecule has 0 radical (unpaired) electrons. The van der Waals surface area contributed by atoms with Gasteiger partial charge in [0.2, 0.25) is 11.8 Å². The number of piperazine rings is 1. The molecule has 0 unspecified atom stereocenters. The number of likely N-dealkylation sites (tertiary alicyclic amines) is 1. The highest BCUT2D eigenvalue weighted by atomic mass is 16.5. The minimum absolute atomic E-state index is 0.0589. The van der Waals surface area contributed by atoms with Crippen molar-refractivity contribution in [2.24, 2.45) is 5.92 Å². The number of carbonyl (C=O) groups is 1. The average molecular weight is 529 g/mol. The lowest BCUT2D eigenvalue weighted by Gasteiger charge is -2.35. The summed E-state index contributed by atoms with van der Waals surface area (Å²) in [4.78, 5) is 32.6. The van der Waals surface area contributed by atoms with E-state index >= 15 is 0 Å². The number of nitrogens with one attached hydrogen (secondary N) is 1. The van der Waals surface area contributed by atoms with E-state index in [1.165, 1.54) is 6.08 Å². The van der Waals surface area contributed by atoms with Gasteiger partial charge in [0.1, 0.15) is 17.1 Å². The first-order valence-corrected chi connectivity index (χ1v) is 13.2. The number of aromatic nitrogens is 5. The molecule has 2 fully saturated rings. The average Bonchev–Trinajstić information content (AvgIpc) is 3.61. The molecular weight excluding hydrogens is 496 g/mol. The van der Waals surface area contributed by atoms with Crippen LogP contribution in [-0.4, -0.2) is 93.8 Å². The maximum atomic E-state index is 12.1. The van der Waals surface area contributed by atoms with Gasteiger partial charge >= 0.3 is 6.01 Å². The lowest BCUT2D eigenvalue weighted by Crippen LogP contribution is -2.48. The summed E-state index contributed by atoms with van der Waals surface area (Å²) in [6.07, 6.45) is 5.91. The van der Waals surface area contributed by atoms with Crippen molar-refractivity contribution in [3.8, 4) is 17.6 Å². The van der Waals surface area contributed by atoms with E-state index in [0.29, 0.717) is 61.9 Å². The lowest BCUT2D eigenvalue weighted by molar-refractivity contribution is -0.126. The molecule has 1 amide bonds. The fraction of sp³-hybridized carbons (Fsp3) is 0.393. The molecule has 39 heavy (non-hydrogen) atoms. The summed E-state index contributed by atoms with van der Waals surface area (Å²) in [6, 6.07) is 6.16. The van der Waals surface area contributed by atoms with Gasteiger partial charge in [-0.15, -0.1) is 0 Å². The summed E-state index contributed by atoms with van der Waals surface area (Å²) >= 11 is 0. The topological polar surface area (TPSA) is 113 Å². The molecule has 6 rings (SSSR count). The van der Waals surface area contributed by atoms with Gasteiger partial charge in [-0.25, -0.2) is 4.98 Å². The van der Waals surface area contributed by atoms with Gasteiger partial charge in [-0.05, 0) is 50.7 Å². The Morgan fingerprint density at radius 3 is 2.77 bits per heavy atom. The van der Waals surface area contributed by atoms with Crippen LogP contribution in [0.2, 0.25) is 0 Å². The maximum Gasteiger partial charge on any atom is 0.319 e. The molecule has 5 heterocycles. The fourth-order valence-corrected chi connectivity index (χ4v) is 5.33. The number of ether oxygens (including phenoxy) is 2. The first kappa shape index (κ1) is 25.1. The molecule has 1 N–H and O–H groups in total. The van der Waals surface area contributed by atoms with E-state index < -0.39 is 0 Å². The first-order valence-electron chi connectivity index (χ1n) is 13.2. The van der Waals surface area contributed by atoms with Gasteiger partial charge in [0.15, 0.2) is 0 Å². The molecule has 2 saturated heterocycles. The second-order valence-electron chi connectivity index (χ2n) is 10.2. The molecule has 4 aromatic rings. The third-order valence-electron chi connectivity index (χ3n) is 7.51. The van der Waals surface area contributed by atoms with E-state index in [4.69, 9.17) is 19.4 Å². The minimum Gasteiger partial charge on any atom is -0.463 e. The Balaban J connectivity index is 1.38. The van der Waals surface area contributed by atoms with Crippen LogP contribution in [0.25, 0.3) is 21.8 Å². The van der Waals surface area contributed by atoms with Crippen molar-refractivity contribution in [2.45, 2.75) is 13.3 Å². The summed E-state index contributed by atoms with van der Waals surface area (Å²) in [5.41, 5.74) is 2.41. The number of carbonyl (C=O) groups excluding carboxylic acids is 1.